The largest absolute Gasteiger partial charge is 0.436 e. The Hall–Kier alpha value is -2.79. The van der Waals surface area contributed by atoms with Crippen molar-refractivity contribution in [3.8, 4) is 12.3 Å². The Kier molecular flexibility index (Phi) is 6.56. The molecule has 32 heavy (non-hydrogen) atoms. The Morgan fingerprint density at radius 1 is 1.28 bits per heavy atom. The molecule has 1 aromatic heterocycles. The van der Waals surface area contributed by atoms with Crippen molar-refractivity contribution in [3.63, 3.8) is 0 Å². The van der Waals surface area contributed by atoms with E-state index in [1.807, 2.05) is 13.0 Å². The molecule has 1 aromatic rings. The maximum Gasteiger partial charge on any atom is 0.412 e. The lowest BCUT2D eigenvalue weighted by Crippen LogP contribution is -2.47. The maximum absolute atomic E-state index is 13.4. The smallest absolute Gasteiger partial charge is 0.412 e. The standard InChI is InChI=1S/C24H32N4O4/c1-3-14-32-23(31)26-18-15-17(2)21(25-16-18)27-11-8-24(9-12-27)10-13-28(22(24)30)19-4-6-20(29)7-5-19/h1,15-16,19-20,29H,4-14H2,2H3,(H,26,31). The molecular formula is C24H32N4O4. The fourth-order valence-electron chi connectivity index (χ4n) is 5.40. The van der Waals surface area contributed by atoms with E-state index in [0.717, 1.165) is 76.0 Å². The third-order valence-electron chi connectivity index (χ3n) is 7.26. The molecule has 1 saturated carbocycles. The summed E-state index contributed by atoms with van der Waals surface area (Å²) in [6, 6.07) is 2.16. The zero-order valence-corrected chi connectivity index (χ0v) is 18.7. The van der Waals surface area contributed by atoms with Gasteiger partial charge >= 0.3 is 6.09 Å². The summed E-state index contributed by atoms with van der Waals surface area (Å²) in [7, 11) is 0. The van der Waals surface area contributed by atoms with Gasteiger partial charge in [-0.3, -0.25) is 10.1 Å². The molecule has 3 heterocycles. The van der Waals surface area contributed by atoms with Gasteiger partial charge in [-0.05, 0) is 63.5 Å². The SMILES string of the molecule is C#CCOC(=O)Nc1cnc(N2CCC3(CC2)CCN(C2CCC(O)CC2)C3=O)c(C)c1. The molecule has 0 atom stereocenters. The van der Waals surface area contributed by atoms with Gasteiger partial charge in [0.2, 0.25) is 5.91 Å². The van der Waals surface area contributed by atoms with E-state index in [1.54, 1.807) is 6.20 Å². The number of nitrogens with zero attached hydrogens (tertiary/aromatic N) is 3. The zero-order chi connectivity index (χ0) is 22.7. The van der Waals surface area contributed by atoms with Crippen LogP contribution in [-0.4, -0.2) is 65.4 Å². The van der Waals surface area contributed by atoms with Gasteiger partial charge in [-0.25, -0.2) is 9.78 Å². The topological polar surface area (TPSA) is 95.0 Å². The van der Waals surface area contributed by atoms with Crippen molar-refractivity contribution in [2.24, 2.45) is 5.41 Å². The lowest BCUT2D eigenvalue weighted by Gasteiger charge is -2.40. The summed E-state index contributed by atoms with van der Waals surface area (Å²) < 4.78 is 4.83. The summed E-state index contributed by atoms with van der Waals surface area (Å²) in [4.78, 5) is 33.9. The van der Waals surface area contributed by atoms with E-state index >= 15 is 0 Å². The molecule has 8 heteroatoms. The first-order valence-electron chi connectivity index (χ1n) is 11.5. The number of aliphatic hydroxyl groups excluding tert-OH is 1. The first-order chi connectivity index (χ1) is 15.4. The zero-order valence-electron chi connectivity index (χ0n) is 18.7. The van der Waals surface area contributed by atoms with E-state index in [9.17, 15) is 14.7 Å². The molecule has 2 aliphatic heterocycles. The molecule has 2 saturated heterocycles. The van der Waals surface area contributed by atoms with Crippen LogP contribution in [0.15, 0.2) is 12.3 Å². The van der Waals surface area contributed by atoms with Crippen LogP contribution >= 0.6 is 0 Å². The number of terminal acetylenes is 1. The maximum atomic E-state index is 13.4. The number of aliphatic hydroxyl groups is 1. The minimum atomic E-state index is -0.603. The van der Waals surface area contributed by atoms with Crippen LogP contribution < -0.4 is 10.2 Å². The number of hydrogen-bond acceptors (Lipinski definition) is 6. The number of aromatic nitrogens is 1. The Balaban J connectivity index is 1.35. The molecule has 0 aromatic carbocycles. The first kappa shape index (κ1) is 22.4. The molecule has 0 unspecified atom stereocenters. The summed E-state index contributed by atoms with van der Waals surface area (Å²) in [6.45, 7) is 4.30. The highest BCUT2D eigenvalue weighted by molar-refractivity contribution is 5.86. The van der Waals surface area contributed by atoms with Gasteiger partial charge in [0, 0.05) is 25.7 Å². The van der Waals surface area contributed by atoms with Crippen LogP contribution in [0.1, 0.15) is 50.5 Å². The minimum Gasteiger partial charge on any atom is -0.436 e. The van der Waals surface area contributed by atoms with Gasteiger partial charge < -0.3 is 19.6 Å². The predicted molar refractivity (Wildman–Crippen MR) is 121 cm³/mol. The van der Waals surface area contributed by atoms with Crippen molar-refractivity contribution in [1.82, 2.24) is 9.88 Å². The Labute approximate surface area is 189 Å². The highest BCUT2D eigenvalue weighted by Gasteiger charge is 2.50. The van der Waals surface area contributed by atoms with E-state index in [4.69, 9.17) is 11.2 Å². The lowest BCUT2D eigenvalue weighted by molar-refractivity contribution is -0.139. The highest BCUT2D eigenvalue weighted by atomic mass is 16.5. The van der Waals surface area contributed by atoms with Gasteiger partial charge in [0.25, 0.3) is 0 Å². The normalized spacial score (nSPS) is 25.0. The van der Waals surface area contributed by atoms with E-state index < -0.39 is 6.09 Å². The highest BCUT2D eigenvalue weighted by Crippen LogP contribution is 2.44. The third kappa shape index (κ3) is 4.53. The van der Waals surface area contributed by atoms with Crippen molar-refractivity contribution in [2.75, 3.05) is 36.5 Å². The molecule has 1 aliphatic carbocycles. The lowest BCUT2D eigenvalue weighted by atomic mass is 9.77. The number of rotatable bonds is 4. The quantitative estimate of drug-likeness (QED) is 0.699. The number of carbonyl (C=O) groups is 2. The molecule has 8 nitrogen and oxygen atoms in total. The van der Waals surface area contributed by atoms with Gasteiger partial charge in [-0.1, -0.05) is 5.92 Å². The average Bonchev–Trinajstić information content (AvgIpc) is 3.09. The molecule has 172 valence electrons. The van der Waals surface area contributed by atoms with Gasteiger partial charge in [-0.15, -0.1) is 6.42 Å². The number of nitrogens with one attached hydrogen (secondary N) is 1. The third-order valence-corrected chi connectivity index (χ3v) is 7.26. The molecule has 1 spiro atoms. The predicted octanol–water partition coefficient (Wildman–Crippen LogP) is 2.69. The van der Waals surface area contributed by atoms with Crippen LogP contribution in [0.4, 0.5) is 16.3 Å². The number of ether oxygens (including phenoxy) is 1. The van der Waals surface area contributed by atoms with Crippen molar-refractivity contribution >= 4 is 23.5 Å². The molecule has 3 aliphatic rings. The summed E-state index contributed by atoms with van der Waals surface area (Å²) in [5.41, 5.74) is 1.26. The van der Waals surface area contributed by atoms with Crippen molar-refractivity contribution in [1.29, 1.82) is 0 Å². The monoisotopic (exact) mass is 440 g/mol. The summed E-state index contributed by atoms with van der Waals surface area (Å²) >= 11 is 0. The van der Waals surface area contributed by atoms with Crippen LogP contribution in [0.2, 0.25) is 0 Å². The molecular weight excluding hydrogens is 408 g/mol. The van der Waals surface area contributed by atoms with Crippen LogP contribution in [0.3, 0.4) is 0 Å². The number of pyridine rings is 1. The summed E-state index contributed by atoms with van der Waals surface area (Å²) in [6.07, 6.45) is 11.9. The number of anilines is 2. The van der Waals surface area contributed by atoms with E-state index in [0.29, 0.717) is 17.6 Å². The number of carbonyl (C=O) groups excluding carboxylic acids is 2. The van der Waals surface area contributed by atoms with Crippen LogP contribution in [0.5, 0.6) is 0 Å². The van der Waals surface area contributed by atoms with Gasteiger partial charge in [0.15, 0.2) is 6.61 Å². The molecule has 2 amide bonds. The Bertz CT molecular complexity index is 896. The molecule has 2 N–H and O–H groups in total. The number of amides is 2. The molecule has 0 bridgehead atoms. The number of aryl methyl sites for hydroxylation is 1. The first-order valence-corrected chi connectivity index (χ1v) is 11.5. The second-order valence-electron chi connectivity index (χ2n) is 9.25. The second kappa shape index (κ2) is 9.37. The van der Waals surface area contributed by atoms with Gasteiger partial charge in [0.1, 0.15) is 5.82 Å². The van der Waals surface area contributed by atoms with Crippen molar-refractivity contribution < 1.29 is 19.4 Å². The summed E-state index contributed by atoms with van der Waals surface area (Å²) in [5.74, 6) is 3.45. The van der Waals surface area contributed by atoms with Crippen LogP contribution in [-0.2, 0) is 9.53 Å². The molecule has 4 rings (SSSR count). The number of likely N-dealkylation sites (tertiary alicyclic amines) is 1. The number of hydrogen-bond donors (Lipinski definition) is 2. The van der Waals surface area contributed by atoms with Crippen LogP contribution in [0, 0.1) is 24.7 Å². The van der Waals surface area contributed by atoms with E-state index in [-0.39, 0.29) is 18.1 Å². The average molecular weight is 441 g/mol. The number of piperidine rings is 1. The minimum absolute atomic E-state index is 0.0787. The van der Waals surface area contributed by atoms with Crippen LogP contribution in [0.25, 0.3) is 0 Å². The van der Waals surface area contributed by atoms with Gasteiger partial charge in [-0.2, -0.15) is 0 Å². The van der Waals surface area contributed by atoms with E-state index in [1.165, 1.54) is 0 Å². The Morgan fingerprint density at radius 2 is 1.97 bits per heavy atom. The second-order valence-corrected chi connectivity index (χ2v) is 9.25. The fourth-order valence-corrected chi connectivity index (χ4v) is 5.40. The van der Waals surface area contributed by atoms with Gasteiger partial charge in [0.05, 0.1) is 23.4 Å². The van der Waals surface area contributed by atoms with Crippen molar-refractivity contribution in [3.05, 3.63) is 17.8 Å². The molecule has 0 radical (unpaired) electrons. The Morgan fingerprint density at radius 3 is 2.62 bits per heavy atom. The summed E-state index contributed by atoms with van der Waals surface area (Å²) in [5, 5.41) is 12.4. The fraction of sp³-hybridized carbons (Fsp3) is 0.625. The molecule has 3 fully saturated rings. The van der Waals surface area contributed by atoms with E-state index in [2.05, 4.69) is 26.0 Å². The van der Waals surface area contributed by atoms with Crippen molar-refractivity contribution in [2.45, 2.75) is 64.0 Å².